The summed E-state index contributed by atoms with van der Waals surface area (Å²) in [5.74, 6) is 1.69. The van der Waals surface area contributed by atoms with Gasteiger partial charge in [-0.15, -0.1) is 0 Å². The van der Waals surface area contributed by atoms with Gasteiger partial charge in [0.05, 0.1) is 0 Å². The van der Waals surface area contributed by atoms with Crippen molar-refractivity contribution in [2.24, 2.45) is 0 Å². The molecule has 0 aliphatic rings. The van der Waals surface area contributed by atoms with Crippen molar-refractivity contribution < 1.29 is 0 Å². The van der Waals surface area contributed by atoms with E-state index < -0.39 is 0 Å². The lowest BCUT2D eigenvalue weighted by Crippen LogP contribution is -2.18. The van der Waals surface area contributed by atoms with E-state index in [1.165, 1.54) is 5.56 Å². The first kappa shape index (κ1) is 13.0. The van der Waals surface area contributed by atoms with E-state index >= 15 is 0 Å². The van der Waals surface area contributed by atoms with Gasteiger partial charge in [0.1, 0.15) is 16.2 Å². The van der Waals surface area contributed by atoms with Crippen LogP contribution in [-0.2, 0) is 0 Å². The first-order valence-electron chi connectivity index (χ1n) is 5.95. The summed E-state index contributed by atoms with van der Waals surface area (Å²) in [6.45, 7) is 6.97. The van der Waals surface area contributed by atoms with E-state index in [9.17, 15) is 0 Å². The number of rotatable bonds is 3. The number of anilines is 2. The fraction of sp³-hybridized carbons (Fsp3) is 0.286. The largest absolute Gasteiger partial charge is 0.327 e. The molecule has 1 heterocycles. The van der Waals surface area contributed by atoms with E-state index in [0.717, 1.165) is 28.5 Å². The number of hydrogen-bond acceptors (Lipinski definition) is 3. The van der Waals surface area contributed by atoms with Crippen molar-refractivity contribution >= 4 is 27.4 Å². The first-order valence-corrected chi connectivity index (χ1v) is 6.75. The lowest BCUT2D eigenvalue weighted by atomic mass is 10.2. The monoisotopic (exact) mass is 305 g/mol. The third-order valence-corrected chi connectivity index (χ3v) is 3.14. The van der Waals surface area contributed by atoms with Gasteiger partial charge in [-0.3, -0.25) is 0 Å². The van der Waals surface area contributed by atoms with Crippen molar-refractivity contribution in [2.45, 2.75) is 20.8 Å². The van der Waals surface area contributed by atoms with Crippen molar-refractivity contribution in [3.8, 4) is 0 Å². The van der Waals surface area contributed by atoms with Crippen molar-refractivity contribution in [3.05, 3.63) is 46.3 Å². The molecule has 1 aromatic heterocycles. The molecule has 4 heteroatoms. The summed E-state index contributed by atoms with van der Waals surface area (Å²) in [6.07, 6.45) is 0. The Morgan fingerprint density at radius 1 is 1.11 bits per heavy atom. The van der Waals surface area contributed by atoms with E-state index in [0.29, 0.717) is 0 Å². The molecule has 0 fully saturated rings. The van der Waals surface area contributed by atoms with Crippen LogP contribution in [0.5, 0.6) is 0 Å². The van der Waals surface area contributed by atoms with Gasteiger partial charge in [-0.25, -0.2) is 9.97 Å². The Morgan fingerprint density at radius 2 is 1.78 bits per heavy atom. The number of benzene rings is 1. The van der Waals surface area contributed by atoms with Crippen LogP contribution in [0.3, 0.4) is 0 Å². The van der Waals surface area contributed by atoms with E-state index in [2.05, 4.69) is 68.9 Å². The fourth-order valence-corrected chi connectivity index (χ4v) is 2.32. The van der Waals surface area contributed by atoms with Crippen LogP contribution in [0.2, 0.25) is 0 Å². The Bertz CT molecular complexity index is 517. The zero-order valence-corrected chi connectivity index (χ0v) is 12.4. The Balaban J connectivity index is 2.41. The van der Waals surface area contributed by atoms with Crippen LogP contribution in [0, 0.1) is 13.8 Å². The highest BCUT2D eigenvalue weighted by Crippen LogP contribution is 2.25. The van der Waals surface area contributed by atoms with Crippen LogP contribution in [0.15, 0.2) is 34.9 Å². The Kier molecular flexibility index (Phi) is 3.97. The maximum Gasteiger partial charge on any atom is 0.137 e. The standard InChI is InChI=1S/C14H16BrN3/c1-4-18(12-7-5-10(2)6-8-12)14-9-13(15)16-11(3)17-14/h5-9H,4H2,1-3H3. The van der Waals surface area contributed by atoms with E-state index in [4.69, 9.17) is 0 Å². The molecular formula is C14H16BrN3. The molecule has 0 bridgehead atoms. The molecule has 0 atom stereocenters. The molecule has 3 nitrogen and oxygen atoms in total. The van der Waals surface area contributed by atoms with Crippen molar-refractivity contribution in [1.29, 1.82) is 0 Å². The summed E-state index contributed by atoms with van der Waals surface area (Å²) < 4.78 is 0.815. The van der Waals surface area contributed by atoms with Gasteiger partial charge in [0, 0.05) is 18.3 Å². The minimum atomic E-state index is 0.768. The minimum Gasteiger partial charge on any atom is -0.327 e. The molecule has 0 aliphatic carbocycles. The lowest BCUT2D eigenvalue weighted by molar-refractivity contribution is 0.943. The summed E-state index contributed by atoms with van der Waals surface area (Å²) in [7, 11) is 0. The van der Waals surface area contributed by atoms with Gasteiger partial charge >= 0.3 is 0 Å². The predicted molar refractivity (Wildman–Crippen MR) is 78.3 cm³/mol. The maximum absolute atomic E-state index is 4.49. The van der Waals surface area contributed by atoms with Gasteiger partial charge in [0.15, 0.2) is 0 Å². The van der Waals surface area contributed by atoms with E-state index in [1.807, 2.05) is 13.0 Å². The molecule has 0 unspecified atom stereocenters. The quantitative estimate of drug-likeness (QED) is 0.802. The van der Waals surface area contributed by atoms with Crippen molar-refractivity contribution in [2.75, 3.05) is 11.4 Å². The van der Waals surface area contributed by atoms with Crippen LogP contribution in [0.4, 0.5) is 11.5 Å². The van der Waals surface area contributed by atoms with Crippen LogP contribution in [-0.4, -0.2) is 16.5 Å². The van der Waals surface area contributed by atoms with E-state index in [-0.39, 0.29) is 0 Å². The van der Waals surface area contributed by atoms with Crippen molar-refractivity contribution in [1.82, 2.24) is 9.97 Å². The van der Waals surface area contributed by atoms with Gasteiger partial charge in [-0.05, 0) is 48.8 Å². The molecule has 94 valence electrons. The second-order valence-corrected chi connectivity index (χ2v) is 4.99. The predicted octanol–water partition coefficient (Wildman–Crippen LogP) is 4.01. The minimum absolute atomic E-state index is 0.768. The number of hydrogen-bond donors (Lipinski definition) is 0. The molecule has 2 rings (SSSR count). The highest BCUT2D eigenvalue weighted by atomic mass is 79.9. The first-order chi connectivity index (χ1) is 8.60. The smallest absolute Gasteiger partial charge is 0.137 e. The van der Waals surface area contributed by atoms with Gasteiger partial charge in [-0.1, -0.05) is 17.7 Å². The van der Waals surface area contributed by atoms with Crippen LogP contribution >= 0.6 is 15.9 Å². The van der Waals surface area contributed by atoms with Gasteiger partial charge in [-0.2, -0.15) is 0 Å². The van der Waals surface area contributed by atoms with Crippen LogP contribution in [0.1, 0.15) is 18.3 Å². The number of aryl methyl sites for hydroxylation is 2. The molecule has 1 aromatic carbocycles. The zero-order chi connectivity index (χ0) is 13.1. The van der Waals surface area contributed by atoms with Gasteiger partial charge in [0.2, 0.25) is 0 Å². The summed E-state index contributed by atoms with van der Waals surface area (Å²) in [5, 5.41) is 0. The molecular weight excluding hydrogens is 290 g/mol. The number of halogens is 1. The van der Waals surface area contributed by atoms with Crippen LogP contribution in [0.25, 0.3) is 0 Å². The molecule has 0 spiro atoms. The summed E-state index contributed by atoms with van der Waals surface area (Å²) in [4.78, 5) is 10.9. The molecule has 0 saturated heterocycles. The Labute approximate surface area is 116 Å². The maximum atomic E-state index is 4.49. The van der Waals surface area contributed by atoms with Gasteiger partial charge < -0.3 is 4.90 Å². The molecule has 2 aromatic rings. The molecule has 0 N–H and O–H groups in total. The normalized spacial score (nSPS) is 10.4. The highest BCUT2D eigenvalue weighted by molar-refractivity contribution is 9.10. The summed E-state index contributed by atoms with van der Waals surface area (Å²) in [6, 6.07) is 10.4. The zero-order valence-electron chi connectivity index (χ0n) is 10.8. The second kappa shape index (κ2) is 5.48. The molecule has 0 aliphatic heterocycles. The molecule has 0 radical (unpaired) electrons. The second-order valence-electron chi connectivity index (χ2n) is 4.18. The topological polar surface area (TPSA) is 29.0 Å². The van der Waals surface area contributed by atoms with E-state index in [1.54, 1.807) is 0 Å². The molecule has 0 amide bonds. The highest BCUT2D eigenvalue weighted by Gasteiger charge is 2.10. The molecule has 18 heavy (non-hydrogen) atoms. The molecule has 0 saturated carbocycles. The Morgan fingerprint density at radius 3 is 2.33 bits per heavy atom. The lowest BCUT2D eigenvalue weighted by Gasteiger charge is -2.22. The Hall–Kier alpha value is -1.42. The SMILES string of the molecule is CCN(c1ccc(C)cc1)c1cc(Br)nc(C)n1. The summed E-state index contributed by atoms with van der Waals surface area (Å²) in [5.41, 5.74) is 2.41. The van der Waals surface area contributed by atoms with Gasteiger partial charge in [0.25, 0.3) is 0 Å². The number of nitrogens with zero attached hydrogens (tertiary/aromatic N) is 3. The average Bonchev–Trinajstić information content (AvgIpc) is 2.31. The third-order valence-electron chi connectivity index (χ3n) is 2.73. The third kappa shape index (κ3) is 2.88. The number of aromatic nitrogens is 2. The average molecular weight is 306 g/mol. The van der Waals surface area contributed by atoms with Crippen LogP contribution < -0.4 is 4.90 Å². The van der Waals surface area contributed by atoms with Crippen molar-refractivity contribution in [3.63, 3.8) is 0 Å². The summed E-state index contributed by atoms with van der Waals surface area (Å²) >= 11 is 3.42. The fourth-order valence-electron chi connectivity index (χ4n) is 1.86.